The number of ether oxygens (including phenoxy) is 4. The van der Waals surface area contributed by atoms with Crippen molar-refractivity contribution in [2.24, 2.45) is 0 Å². The molecule has 0 spiro atoms. The van der Waals surface area contributed by atoms with Crippen LogP contribution in [0.5, 0.6) is 0 Å². The topological polar surface area (TPSA) is 237 Å². The normalized spacial score (nSPS) is 14.9. The Hall–Kier alpha value is -5.84. The molecule has 0 radical (unpaired) electrons. The van der Waals surface area contributed by atoms with Crippen molar-refractivity contribution >= 4 is 39.5 Å². The monoisotopic (exact) mass is 1490 g/mol. The van der Waals surface area contributed by atoms with Crippen LogP contribution in [0, 0.1) is 0 Å². The Bertz CT molecular complexity index is 2690. The van der Waals surface area contributed by atoms with E-state index in [-0.39, 0.29) is 25.7 Å². The molecule has 588 valence electrons. The maximum atomic E-state index is 13.1. The number of carbonyl (C=O) groups excluding carboxylic acids is 4. The minimum absolute atomic E-state index is 0.0527. The Balaban J connectivity index is 5.48. The van der Waals surface area contributed by atoms with Crippen LogP contribution in [0.1, 0.15) is 272 Å². The molecule has 0 aliphatic heterocycles. The standard InChI is InChI=1S/C85H136O17P2/c1-5-9-13-17-21-25-29-33-37-39-43-46-50-54-58-62-66-70-83(88)96-76-81(102-85(90)72-68-64-60-56-52-48-44-40-38-34-30-26-22-18-14-10-6-2)78-100-104(93,94)98-74-79(86)73-97-103(91,92)99-77-80(101-84(89)71-67-63-59-55-51-47-42-36-32-28-24-20-16-12-8-4)75-95-82(87)69-65-61-57-53-49-45-41-35-31-27-23-19-15-11-7-3/h9-16,21-28,33-38,41-44,46,48-49,53,79-81,86H,5-8,17-20,29-32,39-40,45,47,50-52,54-78H2,1-4H3,(H,91,92)(H,93,94)/b13-9-,14-10-,15-11-,16-12-,25-21-,26-22-,27-23-,28-24-,37-33-,38-34-,41-35-,42-36-,46-43-,48-44-,53-49-. The highest BCUT2D eigenvalue weighted by Gasteiger charge is 2.30. The number of hydrogen-bond donors (Lipinski definition) is 3. The predicted molar refractivity (Wildman–Crippen MR) is 426 cm³/mol. The summed E-state index contributed by atoms with van der Waals surface area (Å²) in [5.41, 5.74) is 0. The van der Waals surface area contributed by atoms with Crippen LogP contribution in [0.15, 0.2) is 182 Å². The lowest BCUT2D eigenvalue weighted by Crippen LogP contribution is -2.30. The van der Waals surface area contributed by atoms with Gasteiger partial charge in [-0.15, -0.1) is 0 Å². The minimum Gasteiger partial charge on any atom is -0.462 e. The number of rotatable bonds is 71. The predicted octanol–water partition coefficient (Wildman–Crippen LogP) is 22.8. The van der Waals surface area contributed by atoms with E-state index >= 15 is 0 Å². The molecule has 3 N–H and O–H groups in total. The first-order valence-corrected chi connectivity index (χ1v) is 42.0. The van der Waals surface area contributed by atoms with Gasteiger partial charge in [0.25, 0.3) is 0 Å². The molecular formula is C85H136O17P2. The van der Waals surface area contributed by atoms with Crippen LogP contribution in [0.25, 0.3) is 0 Å². The highest BCUT2D eigenvalue weighted by Crippen LogP contribution is 2.45. The zero-order chi connectivity index (χ0) is 76.0. The van der Waals surface area contributed by atoms with Gasteiger partial charge in [0.1, 0.15) is 19.3 Å². The lowest BCUT2D eigenvalue weighted by molar-refractivity contribution is -0.161. The zero-order valence-corrected chi connectivity index (χ0v) is 65.9. The molecule has 0 saturated carbocycles. The van der Waals surface area contributed by atoms with Crippen molar-refractivity contribution in [3.05, 3.63) is 182 Å². The maximum Gasteiger partial charge on any atom is 0.472 e. The van der Waals surface area contributed by atoms with E-state index in [9.17, 15) is 43.2 Å². The molecule has 5 atom stereocenters. The van der Waals surface area contributed by atoms with Crippen LogP contribution < -0.4 is 0 Å². The van der Waals surface area contributed by atoms with Crippen molar-refractivity contribution in [2.45, 2.75) is 290 Å². The number of hydrogen-bond acceptors (Lipinski definition) is 15. The summed E-state index contributed by atoms with van der Waals surface area (Å²) >= 11 is 0. The highest BCUT2D eigenvalue weighted by molar-refractivity contribution is 7.47. The van der Waals surface area contributed by atoms with E-state index in [0.29, 0.717) is 25.7 Å². The van der Waals surface area contributed by atoms with Gasteiger partial charge in [-0.25, -0.2) is 9.13 Å². The minimum atomic E-state index is -5.00. The highest BCUT2D eigenvalue weighted by atomic mass is 31.2. The SMILES string of the molecule is CC/C=C\C/C=C\C/C=C\C/C=C\CCCCCCC(=O)OCC(COP(=O)(O)OCC(O)COP(=O)(O)OCC(COC(=O)CCCC/C=C\C/C=C\C/C=C\C/C=C\CC)OC(=O)CCCCCCC/C=C\C/C=C\C/C=C\CC)OC(=O)CCCCCC/C=C\C/C=C\C/C=C\C/C=C\CC. The van der Waals surface area contributed by atoms with Crippen LogP contribution in [0.3, 0.4) is 0 Å². The summed E-state index contributed by atoms with van der Waals surface area (Å²) in [6.45, 7) is 4.27. The van der Waals surface area contributed by atoms with Gasteiger partial charge in [-0.3, -0.25) is 37.3 Å². The number of esters is 4. The molecular weight excluding hydrogens is 1350 g/mol. The van der Waals surface area contributed by atoms with Crippen LogP contribution in [-0.4, -0.2) is 96.7 Å². The van der Waals surface area contributed by atoms with Crippen LogP contribution >= 0.6 is 15.6 Å². The summed E-state index contributed by atoms with van der Waals surface area (Å²) in [5, 5.41) is 10.6. The lowest BCUT2D eigenvalue weighted by atomic mass is 10.1. The summed E-state index contributed by atoms with van der Waals surface area (Å²) in [4.78, 5) is 73.0. The van der Waals surface area contributed by atoms with E-state index in [2.05, 4.69) is 210 Å². The van der Waals surface area contributed by atoms with Crippen molar-refractivity contribution in [1.82, 2.24) is 0 Å². The van der Waals surface area contributed by atoms with Gasteiger partial charge in [0.2, 0.25) is 0 Å². The zero-order valence-electron chi connectivity index (χ0n) is 64.1. The van der Waals surface area contributed by atoms with Gasteiger partial charge in [0, 0.05) is 25.7 Å². The molecule has 0 aliphatic carbocycles. The smallest absolute Gasteiger partial charge is 0.462 e. The van der Waals surface area contributed by atoms with Gasteiger partial charge in [0.15, 0.2) is 12.2 Å². The lowest BCUT2D eigenvalue weighted by Gasteiger charge is -2.21. The van der Waals surface area contributed by atoms with Gasteiger partial charge in [0.05, 0.1) is 26.4 Å². The molecule has 0 bridgehead atoms. The maximum absolute atomic E-state index is 13.1. The fourth-order valence-corrected chi connectivity index (χ4v) is 11.1. The van der Waals surface area contributed by atoms with E-state index in [1.165, 1.54) is 0 Å². The molecule has 0 aromatic carbocycles. The number of aliphatic hydroxyl groups is 1. The largest absolute Gasteiger partial charge is 0.472 e. The van der Waals surface area contributed by atoms with Gasteiger partial charge < -0.3 is 33.8 Å². The van der Waals surface area contributed by atoms with Crippen LogP contribution in [0.2, 0.25) is 0 Å². The van der Waals surface area contributed by atoms with E-state index in [1.807, 2.05) is 0 Å². The van der Waals surface area contributed by atoms with Gasteiger partial charge in [-0.1, -0.05) is 255 Å². The molecule has 0 heterocycles. The molecule has 104 heavy (non-hydrogen) atoms. The average molecular weight is 1490 g/mol. The Morgan fingerprint density at radius 2 is 0.471 bits per heavy atom. The second-order valence-corrected chi connectivity index (χ2v) is 28.0. The van der Waals surface area contributed by atoms with E-state index in [0.717, 1.165) is 193 Å². The van der Waals surface area contributed by atoms with Crippen molar-refractivity contribution in [1.29, 1.82) is 0 Å². The number of carbonyl (C=O) groups is 4. The van der Waals surface area contributed by atoms with Gasteiger partial charge in [-0.2, -0.15) is 0 Å². The first-order chi connectivity index (χ1) is 50.7. The quantitative estimate of drug-likeness (QED) is 0.0169. The fourth-order valence-electron chi connectivity index (χ4n) is 9.56. The van der Waals surface area contributed by atoms with Crippen LogP contribution in [0.4, 0.5) is 0 Å². The van der Waals surface area contributed by atoms with Crippen molar-refractivity contribution in [2.75, 3.05) is 39.6 Å². The molecule has 5 unspecified atom stereocenters. The van der Waals surface area contributed by atoms with Crippen molar-refractivity contribution < 1.29 is 80.2 Å². The van der Waals surface area contributed by atoms with E-state index in [1.54, 1.807) is 0 Å². The molecule has 0 fully saturated rings. The molecule has 0 amide bonds. The molecule has 17 nitrogen and oxygen atoms in total. The molecule has 0 aliphatic rings. The van der Waals surface area contributed by atoms with E-state index in [4.69, 9.17) is 37.0 Å². The first kappa shape index (κ1) is 98.2. The Morgan fingerprint density at radius 1 is 0.269 bits per heavy atom. The third kappa shape index (κ3) is 74.4. The molecule has 0 rings (SSSR count). The fraction of sp³-hybridized carbons (Fsp3) is 0.600. The Morgan fingerprint density at radius 3 is 0.740 bits per heavy atom. The molecule has 19 heteroatoms. The summed E-state index contributed by atoms with van der Waals surface area (Å²) < 4.78 is 68.5. The number of allylic oxidation sites excluding steroid dienone is 30. The second kappa shape index (κ2) is 75.4. The van der Waals surface area contributed by atoms with Gasteiger partial charge >= 0.3 is 39.5 Å². The summed E-state index contributed by atoms with van der Waals surface area (Å²) in [5.74, 6) is -2.31. The van der Waals surface area contributed by atoms with Crippen molar-refractivity contribution in [3.63, 3.8) is 0 Å². The second-order valence-electron chi connectivity index (χ2n) is 25.1. The van der Waals surface area contributed by atoms with Crippen LogP contribution in [-0.2, 0) is 65.4 Å². The Kier molecular flexibility index (Phi) is 71.2. The number of aliphatic hydroxyl groups excluding tert-OH is 1. The molecule has 0 saturated heterocycles. The molecule has 0 aromatic rings. The molecule has 0 aromatic heterocycles. The third-order valence-electron chi connectivity index (χ3n) is 15.4. The first-order valence-electron chi connectivity index (χ1n) is 39.0. The third-order valence-corrected chi connectivity index (χ3v) is 17.3. The number of phosphoric acid groups is 2. The van der Waals surface area contributed by atoms with Crippen molar-refractivity contribution in [3.8, 4) is 0 Å². The Labute approximate surface area is 628 Å². The summed E-state index contributed by atoms with van der Waals surface area (Å²) in [6, 6.07) is 0. The van der Waals surface area contributed by atoms with Gasteiger partial charge in [-0.05, 0) is 173 Å². The number of unbranched alkanes of at least 4 members (excludes halogenated alkanes) is 15. The number of phosphoric ester groups is 2. The summed E-state index contributed by atoms with van der Waals surface area (Å²) in [7, 11) is -10.0. The summed E-state index contributed by atoms with van der Waals surface area (Å²) in [6.07, 6.45) is 90.2. The average Bonchev–Trinajstić information content (AvgIpc) is 0.926. The van der Waals surface area contributed by atoms with E-state index < -0.39 is 97.5 Å².